The molecule has 1 aromatic carbocycles. The highest BCUT2D eigenvalue weighted by Gasteiger charge is 2.32. The zero-order valence-electron chi connectivity index (χ0n) is 11.8. The van der Waals surface area contributed by atoms with E-state index in [1.54, 1.807) is 0 Å². The first-order valence-corrected chi connectivity index (χ1v) is 7.06. The molecule has 3 nitrogen and oxygen atoms in total. The van der Waals surface area contributed by atoms with Gasteiger partial charge in [0.05, 0.1) is 17.9 Å². The van der Waals surface area contributed by atoms with Crippen LogP contribution in [0.4, 0.5) is 18.9 Å². The number of carbonyl (C=O) groups excluding carboxylic acids is 1. The van der Waals surface area contributed by atoms with Crippen molar-refractivity contribution in [2.45, 2.75) is 38.8 Å². The number of benzene rings is 1. The first kappa shape index (κ1) is 15.7. The molecule has 2 rings (SSSR count). The van der Waals surface area contributed by atoms with Crippen molar-refractivity contribution in [3.8, 4) is 5.75 Å². The minimum absolute atomic E-state index is 0.0928. The van der Waals surface area contributed by atoms with E-state index in [4.69, 9.17) is 4.74 Å². The number of hydrogen-bond donors (Lipinski definition) is 1. The lowest BCUT2D eigenvalue weighted by Crippen LogP contribution is -2.28. The van der Waals surface area contributed by atoms with Crippen molar-refractivity contribution in [3.05, 3.63) is 23.8 Å². The smallest absolute Gasteiger partial charge is 0.416 e. The molecule has 1 amide bonds. The van der Waals surface area contributed by atoms with Crippen LogP contribution in [0.25, 0.3) is 0 Å². The minimum atomic E-state index is -4.45. The minimum Gasteiger partial charge on any atom is -0.491 e. The second-order valence-corrected chi connectivity index (χ2v) is 5.17. The van der Waals surface area contributed by atoms with Crippen LogP contribution in [0.1, 0.15) is 38.2 Å². The number of anilines is 1. The maximum absolute atomic E-state index is 12.8. The van der Waals surface area contributed by atoms with Crippen LogP contribution in [0.3, 0.4) is 0 Å². The normalized spacial score (nSPS) is 15.4. The Labute approximate surface area is 121 Å². The molecule has 0 atom stereocenters. The molecule has 0 aromatic heterocycles. The average molecular weight is 301 g/mol. The van der Waals surface area contributed by atoms with E-state index in [0.717, 1.165) is 37.8 Å². The summed E-state index contributed by atoms with van der Waals surface area (Å²) in [6.07, 6.45) is -1.15. The standard InChI is InChI=1S/C15H18F3NO2/c1-2-8-21-13-7-6-11(15(16,17)18)9-12(13)19-14(20)10-4-3-5-10/h6-7,9-10H,2-5,8H2,1H3,(H,19,20). The van der Waals surface area contributed by atoms with E-state index < -0.39 is 11.7 Å². The van der Waals surface area contributed by atoms with Crippen molar-refractivity contribution in [1.82, 2.24) is 0 Å². The van der Waals surface area contributed by atoms with Crippen molar-refractivity contribution >= 4 is 11.6 Å². The number of amides is 1. The Balaban J connectivity index is 2.21. The van der Waals surface area contributed by atoms with Gasteiger partial charge in [0, 0.05) is 5.92 Å². The number of hydrogen-bond acceptors (Lipinski definition) is 2. The average Bonchev–Trinajstić information content (AvgIpc) is 2.33. The van der Waals surface area contributed by atoms with Crippen molar-refractivity contribution in [2.75, 3.05) is 11.9 Å². The Hall–Kier alpha value is -1.72. The van der Waals surface area contributed by atoms with E-state index in [1.807, 2.05) is 6.92 Å². The van der Waals surface area contributed by atoms with Crippen LogP contribution in [0.5, 0.6) is 5.75 Å². The molecular weight excluding hydrogens is 283 g/mol. The molecule has 0 spiro atoms. The summed E-state index contributed by atoms with van der Waals surface area (Å²) < 4.78 is 43.7. The summed E-state index contributed by atoms with van der Waals surface area (Å²) in [5.41, 5.74) is -0.703. The topological polar surface area (TPSA) is 38.3 Å². The molecule has 1 aliphatic carbocycles. The zero-order valence-corrected chi connectivity index (χ0v) is 11.8. The van der Waals surface area contributed by atoms with Crippen LogP contribution in [-0.4, -0.2) is 12.5 Å². The highest BCUT2D eigenvalue weighted by Crippen LogP contribution is 2.36. The molecular formula is C15H18F3NO2. The van der Waals surface area contributed by atoms with Crippen LogP contribution in [0, 0.1) is 5.92 Å². The van der Waals surface area contributed by atoms with Gasteiger partial charge in [-0.05, 0) is 37.5 Å². The SMILES string of the molecule is CCCOc1ccc(C(F)(F)F)cc1NC(=O)C1CCC1. The molecule has 116 valence electrons. The van der Waals surface area contributed by atoms with Gasteiger partial charge in [0.2, 0.25) is 5.91 Å². The molecule has 0 saturated heterocycles. The third-order valence-corrected chi connectivity index (χ3v) is 3.50. The summed E-state index contributed by atoms with van der Waals surface area (Å²) in [7, 11) is 0. The summed E-state index contributed by atoms with van der Waals surface area (Å²) in [6.45, 7) is 2.29. The Kier molecular flexibility index (Phi) is 4.75. The number of nitrogens with one attached hydrogen (secondary N) is 1. The molecule has 0 bridgehead atoms. The number of carbonyl (C=O) groups is 1. The van der Waals surface area contributed by atoms with Gasteiger partial charge in [-0.1, -0.05) is 13.3 Å². The Morgan fingerprint density at radius 2 is 2.10 bits per heavy atom. The summed E-state index contributed by atoms with van der Waals surface area (Å²) in [5, 5.41) is 2.57. The van der Waals surface area contributed by atoms with Gasteiger partial charge < -0.3 is 10.1 Å². The van der Waals surface area contributed by atoms with Crippen molar-refractivity contribution in [3.63, 3.8) is 0 Å². The van der Waals surface area contributed by atoms with E-state index in [-0.39, 0.29) is 23.3 Å². The van der Waals surface area contributed by atoms with E-state index >= 15 is 0 Å². The third kappa shape index (κ3) is 3.89. The van der Waals surface area contributed by atoms with E-state index in [9.17, 15) is 18.0 Å². The van der Waals surface area contributed by atoms with Gasteiger partial charge in [-0.25, -0.2) is 0 Å². The lowest BCUT2D eigenvalue weighted by Gasteiger charge is -2.25. The Morgan fingerprint density at radius 3 is 2.62 bits per heavy atom. The van der Waals surface area contributed by atoms with Crippen LogP contribution in [-0.2, 0) is 11.0 Å². The van der Waals surface area contributed by atoms with E-state index in [1.165, 1.54) is 6.07 Å². The summed E-state index contributed by atoms with van der Waals surface area (Å²) in [5.74, 6) is -0.0574. The highest BCUT2D eigenvalue weighted by molar-refractivity contribution is 5.94. The molecule has 1 aromatic rings. The van der Waals surface area contributed by atoms with Crippen molar-refractivity contribution < 1.29 is 22.7 Å². The monoisotopic (exact) mass is 301 g/mol. The van der Waals surface area contributed by atoms with Gasteiger partial charge in [0.15, 0.2) is 0 Å². The summed E-state index contributed by atoms with van der Waals surface area (Å²) in [6, 6.07) is 3.15. The third-order valence-electron chi connectivity index (χ3n) is 3.50. The Bertz CT molecular complexity index is 510. The molecule has 21 heavy (non-hydrogen) atoms. The number of ether oxygens (including phenoxy) is 1. The van der Waals surface area contributed by atoms with Crippen molar-refractivity contribution in [2.24, 2.45) is 5.92 Å². The van der Waals surface area contributed by atoms with Gasteiger partial charge in [0.25, 0.3) is 0 Å². The van der Waals surface area contributed by atoms with Crippen LogP contribution < -0.4 is 10.1 Å². The van der Waals surface area contributed by atoms with E-state index in [2.05, 4.69) is 5.32 Å². The largest absolute Gasteiger partial charge is 0.491 e. The number of alkyl halides is 3. The molecule has 1 N–H and O–H groups in total. The zero-order chi connectivity index (χ0) is 15.5. The van der Waals surface area contributed by atoms with Crippen LogP contribution >= 0.6 is 0 Å². The van der Waals surface area contributed by atoms with Crippen LogP contribution in [0.15, 0.2) is 18.2 Å². The molecule has 0 radical (unpaired) electrons. The fourth-order valence-corrected chi connectivity index (χ4v) is 2.05. The van der Waals surface area contributed by atoms with E-state index in [0.29, 0.717) is 6.61 Å². The molecule has 1 saturated carbocycles. The molecule has 0 unspecified atom stereocenters. The maximum atomic E-state index is 12.8. The predicted octanol–water partition coefficient (Wildman–Crippen LogP) is 4.23. The second kappa shape index (κ2) is 6.37. The molecule has 0 aliphatic heterocycles. The molecule has 0 heterocycles. The first-order chi connectivity index (χ1) is 9.91. The molecule has 6 heteroatoms. The first-order valence-electron chi connectivity index (χ1n) is 7.06. The summed E-state index contributed by atoms with van der Waals surface area (Å²) in [4.78, 5) is 11.9. The molecule has 1 fully saturated rings. The van der Waals surface area contributed by atoms with Gasteiger partial charge >= 0.3 is 6.18 Å². The Morgan fingerprint density at radius 1 is 1.38 bits per heavy atom. The second-order valence-electron chi connectivity index (χ2n) is 5.17. The van der Waals surface area contributed by atoms with Crippen LogP contribution in [0.2, 0.25) is 0 Å². The molecule has 1 aliphatic rings. The van der Waals surface area contributed by atoms with Gasteiger partial charge in [-0.15, -0.1) is 0 Å². The predicted molar refractivity (Wildman–Crippen MR) is 73.2 cm³/mol. The number of rotatable bonds is 5. The fourth-order valence-electron chi connectivity index (χ4n) is 2.05. The van der Waals surface area contributed by atoms with Gasteiger partial charge in [0.1, 0.15) is 5.75 Å². The fraction of sp³-hybridized carbons (Fsp3) is 0.533. The van der Waals surface area contributed by atoms with Gasteiger partial charge in [-0.3, -0.25) is 4.79 Å². The lowest BCUT2D eigenvalue weighted by atomic mass is 9.85. The summed E-state index contributed by atoms with van der Waals surface area (Å²) >= 11 is 0. The lowest BCUT2D eigenvalue weighted by molar-refractivity contribution is -0.137. The maximum Gasteiger partial charge on any atom is 0.416 e. The van der Waals surface area contributed by atoms with Gasteiger partial charge in [-0.2, -0.15) is 13.2 Å². The number of halogens is 3. The highest BCUT2D eigenvalue weighted by atomic mass is 19.4. The quantitative estimate of drug-likeness (QED) is 0.883. The van der Waals surface area contributed by atoms with Crippen molar-refractivity contribution in [1.29, 1.82) is 0 Å².